The van der Waals surface area contributed by atoms with E-state index in [0.717, 1.165) is 38.0 Å². The van der Waals surface area contributed by atoms with E-state index in [0.29, 0.717) is 29.4 Å². The first kappa shape index (κ1) is 16.9. The Morgan fingerprint density at radius 3 is 3.00 bits per heavy atom. The van der Waals surface area contributed by atoms with Crippen molar-refractivity contribution in [2.24, 2.45) is 5.92 Å². The molecule has 1 fully saturated rings. The van der Waals surface area contributed by atoms with Crippen LogP contribution in [-0.4, -0.2) is 21.1 Å². The molecule has 1 saturated carbocycles. The molecule has 0 amide bonds. The van der Waals surface area contributed by atoms with Crippen molar-refractivity contribution in [1.29, 1.82) is 5.26 Å². The first-order valence-corrected chi connectivity index (χ1v) is 9.61. The fraction of sp³-hybridized carbons (Fsp3) is 0.333. The summed E-state index contributed by atoms with van der Waals surface area (Å²) >= 11 is 0. The van der Waals surface area contributed by atoms with Crippen LogP contribution in [0.25, 0.3) is 11.0 Å². The van der Waals surface area contributed by atoms with Crippen LogP contribution in [0.1, 0.15) is 29.5 Å². The lowest BCUT2D eigenvalue weighted by Crippen LogP contribution is -2.25. The van der Waals surface area contributed by atoms with Crippen LogP contribution in [0.2, 0.25) is 0 Å². The fourth-order valence-corrected chi connectivity index (χ4v) is 3.71. The molecule has 3 aromatic rings. The topological polar surface area (TPSA) is 95.6 Å². The van der Waals surface area contributed by atoms with Gasteiger partial charge in [0.2, 0.25) is 5.95 Å². The van der Waals surface area contributed by atoms with E-state index >= 15 is 0 Å². The van der Waals surface area contributed by atoms with Crippen molar-refractivity contribution in [1.82, 2.24) is 19.9 Å². The third-order valence-electron chi connectivity index (χ3n) is 5.43. The summed E-state index contributed by atoms with van der Waals surface area (Å²) in [7, 11) is 0. The fourth-order valence-electron chi connectivity index (χ4n) is 3.71. The van der Waals surface area contributed by atoms with Crippen LogP contribution in [0.4, 0.5) is 11.6 Å². The van der Waals surface area contributed by atoms with Crippen molar-refractivity contribution < 1.29 is 0 Å². The molecular weight excluding hydrogens is 352 g/mol. The summed E-state index contributed by atoms with van der Waals surface area (Å²) in [5.74, 6) is 0.950. The molecule has 7 nitrogen and oxygen atoms in total. The van der Waals surface area contributed by atoms with Gasteiger partial charge < -0.3 is 10.6 Å². The molecule has 0 bridgehead atoms. The van der Waals surface area contributed by atoms with Gasteiger partial charge in [-0.2, -0.15) is 10.2 Å². The standard InChI is InChI=1S/C21H20N6O/c22-9-16-7-17-11-24-21(26-19(17)27(20(16)28)12-13-1-2-13)25-18-4-3-15-10-23-6-5-14(15)8-18/h3-4,7-8,11,13,23H,1-2,5-6,10,12H2,(H,24,25,26). The van der Waals surface area contributed by atoms with E-state index in [9.17, 15) is 10.1 Å². The van der Waals surface area contributed by atoms with Gasteiger partial charge in [-0.05, 0) is 61.1 Å². The van der Waals surface area contributed by atoms with Gasteiger partial charge in [-0.25, -0.2) is 4.98 Å². The molecule has 2 aromatic heterocycles. The predicted octanol–water partition coefficient (Wildman–Crippen LogP) is 2.46. The molecule has 0 saturated heterocycles. The summed E-state index contributed by atoms with van der Waals surface area (Å²) in [6.07, 6.45) is 4.91. The number of pyridine rings is 1. The highest BCUT2D eigenvalue weighted by atomic mass is 16.1. The molecule has 2 N–H and O–H groups in total. The second-order valence-electron chi connectivity index (χ2n) is 7.54. The molecule has 1 aliphatic heterocycles. The van der Waals surface area contributed by atoms with Crippen molar-refractivity contribution in [2.75, 3.05) is 11.9 Å². The predicted molar refractivity (Wildman–Crippen MR) is 106 cm³/mol. The van der Waals surface area contributed by atoms with Gasteiger partial charge in [-0.3, -0.25) is 9.36 Å². The van der Waals surface area contributed by atoms with Crippen molar-refractivity contribution in [3.8, 4) is 6.07 Å². The number of nitriles is 1. The molecule has 7 heteroatoms. The summed E-state index contributed by atoms with van der Waals surface area (Å²) in [4.78, 5) is 21.7. The molecule has 0 atom stereocenters. The Bertz CT molecular complexity index is 1170. The highest BCUT2D eigenvalue weighted by molar-refractivity contribution is 5.77. The van der Waals surface area contributed by atoms with E-state index in [4.69, 9.17) is 0 Å². The van der Waals surface area contributed by atoms with Crippen LogP contribution in [0.3, 0.4) is 0 Å². The zero-order chi connectivity index (χ0) is 19.1. The Labute approximate surface area is 162 Å². The summed E-state index contributed by atoms with van der Waals surface area (Å²) in [6, 6.07) is 9.86. The van der Waals surface area contributed by atoms with Crippen LogP contribution < -0.4 is 16.2 Å². The third kappa shape index (κ3) is 3.12. The van der Waals surface area contributed by atoms with Crippen LogP contribution in [0, 0.1) is 17.2 Å². The Morgan fingerprint density at radius 2 is 2.18 bits per heavy atom. The maximum Gasteiger partial charge on any atom is 0.270 e. The zero-order valence-electron chi connectivity index (χ0n) is 15.4. The molecule has 0 spiro atoms. The first-order valence-electron chi connectivity index (χ1n) is 9.61. The van der Waals surface area contributed by atoms with Crippen LogP contribution in [-0.2, 0) is 19.5 Å². The molecule has 28 heavy (non-hydrogen) atoms. The minimum absolute atomic E-state index is 0.140. The first-order chi connectivity index (χ1) is 13.7. The summed E-state index contributed by atoms with van der Waals surface area (Å²) in [5, 5.41) is 16.6. The van der Waals surface area contributed by atoms with Crippen molar-refractivity contribution >= 4 is 22.7 Å². The molecular formula is C21H20N6O. The van der Waals surface area contributed by atoms with Gasteiger partial charge in [0, 0.05) is 30.4 Å². The number of rotatable bonds is 4. The van der Waals surface area contributed by atoms with Gasteiger partial charge >= 0.3 is 0 Å². The zero-order valence-corrected chi connectivity index (χ0v) is 15.4. The monoisotopic (exact) mass is 372 g/mol. The minimum atomic E-state index is -0.271. The van der Waals surface area contributed by atoms with Crippen molar-refractivity contribution in [2.45, 2.75) is 32.4 Å². The average molecular weight is 372 g/mol. The lowest BCUT2D eigenvalue weighted by atomic mass is 10.0. The van der Waals surface area contributed by atoms with E-state index in [2.05, 4.69) is 32.7 Å². The van der Waals surface area contributed by atoms with E-state index in [1.165, 1.54) is 11.1 Å². The van der Waals surface area contributed by atoms with E-state index in [-0.39, 0.29) is 11.1 Å². The number of aromatic nitrogens is 3. The van der Waals surface area contributed by atoms with Gasteiger partial charge in [0.1, 0.15) is 17.3 Å². The Morgan fingerprint density at radius 1 is 1.29 bits per heavy atom. The molecule has 0 unspecified atom stereocenters. The quantitative estimate of drug-likeness (QED) is 0.730. The van der Waals surface area contributed by atoms with Gasteiger partial charge in [0.15, 0.2) is 0 Å². The van der Waals surface area contributed by atoms with E-state index < -0.39 is 0 Å². The summed E-state index contributed by atoms with van der Waals surface area (Å²) in [6.45, 7) is 2.49. The number of fused-ring (bicyclic) bond motifs is 2. The van der Waals surface area contributed by atoms with E-state index in [1.54, 1.807) is 16.8 Å². The molecule has 5 rings (SSSR count). The highest BCUT2D eigenvalue weighted by Gasteiger charge is 2.24. The molecule has 1 aromatic carbocycles. The molecule has 0 radical (unpaired) electrons. The lowest BCUT2D eigenvalue weighted by Gasteiger charge is -2.18. The van der Waals surface area contributed by atoms with Gasteiger partial charge in [-0.1, -0.05) is 6.07 Å². The smallest absolute Gasteiger partial charge is 0.270 e. The molecule has 1 aliphatic carbocycles. The normalized spacial score (nSPS) is 15.8. The SMILES string of the molecule is N#Cc1cc2cnc(Nc3ccc4c(c3)CCNC4)nc2n(CC2CC2)c1=O. The third-order valence-corrected chi connectivity index (χ3v) is 5.43. The second kappa shape index (κ2) is 6.73. The maximum atomic E-state index is 12.7. The Balaban J connectivity index is 1.54. The van der Waals surface area contributed by atoms with Crippen LogP contribution in [0.5, 0.6) is 0 Å². The number of hydrogen-bond acceptors (Lipinski definition) is 6. The van der Waals surface area contributed by atoms with Crippen molar-refractivity contribution in [3.05, 3.63) is 57.5 Å². The van der Waals surface area contributed by atoms with Gasteiger partial charge in [0.25, 0.3) is 5.56 Å². The molecule has 2 aliphatic rings. The lowest BCUT2D eigenvalue weighted by molar-refractivity contribution is 0.621. The summed E-state index contributed by atoms with van der Waals surface area (Å²) < 4.78 is 1.64. The highest BCUT2D eigenvalue weighted by Crippen LogP contribution is 2.31. The van der Waals surface area contributed by atoms with Crippen LogP contribution >= 0.6 is 0 Å². The van der Waals surface area contributed by atoms with Gasteiger partial charge in [-0.15, -0.1) is 0 Å². The molecule has 140 valence electrons. The number of benzene rings is 1. The number of hydrogen-bond donors (Lipinski definition) is 2. The Kier molecular flexibility index (Phi) is 4.06. The summed E-state index contributed by atoms with van der Waals surface area (Å²) in [5.41, 5.74) is 4.03. The van der Waals surface area contributed by atoms with Crippen molar-refractivity contribution in [3.63, 3.8) is 0 Å². The molecule has 3 heterocycles. The van der Waals surface area contributed by atoms with Gasteiger partial charge in [0.05, 0.1) is 0 Å². The Hall–Kier alpha value is -3.24. The number of nitrogens with one attached hydrogen (secondary N) is 2. The largest absolute Gasteiger partial charge is 0.324 e. The maximum absolute atomic E-state index is 12.7. The minimum Gasteiger partial charge on any atom is -0.324 e. The van der Waals surface area contributed by atoms with Crippen LogP contribution in [0.15, 0.2) is 35.3 Å². The number of anilines is 2. The average Bonchev–Trinajstić information content (AvgIpc) is 3.54. The second-order valence-corrected chi connectivity index (χ2v) is 7.54. The number of nitrogens with zero attached hydrogens (tertiary/aromatic N) is 4. The van der Waals surface area contributed by atoms with E-state index in [1.807, 2.05) is 12.1 Å².